The average molecular weight is 487 g/mol. The van der Waals surface area contributed by atoms with Crippen LogP contribution in [0.2, 0.25) is 0 Å². The highest BCUT2D eigenvalue weighted by Gasteiger charge is 2.27. The minimum absolute atomic E-state index is 0.0838. The molecule has 2 aromatic heterocycles. The fourth-order valence-electron chi connectivity index (χ4n) is 4.45. The molecular formula is C26H22N4O4S. The van der Waals surface area contributed by atoms with Gasteiger partial charge in [0.2, 0.25) is 5.91 Å². The summed E-state index contributed by atoms with van der Waals surface area (Å²) in [6.07, 6.45) is 3.66. The van der Waals surface area contributed by atoms with Crippen molar-refractivity contribution in [3.05, 3.63) is 92.2 Å². The number of thiophene rings is 1. The molecule has 0 atom stereocenters. The summed E-state index contributed by atoms with van der Waals surface area (Å²) in [7, 11) is 0. The third-order valence-electron chi connectivity index (χ3n) is 6.08. The largest absolute Gasteiger partial charge is 0.364 e. The molecule has 1 aliphatic rings. The number of hydrogen-bond donors (Lipinski definition) is 2. The number of benzene rings is 2. The lowest BCUT2D eigenvalue weighted by atomic mass is 9.92. The summed E-state index contributed by atoms with van der Waals surface area (Å²) >= 11 is 1.40. The molecule has 5 rings (SSSR count). The van der Waals surface area contributed by atoms with Crippen molar-refractivity contribution in [1.82, 2.24) is 9.78 Å². The minimum atomic E-state index is -0.794. The first-order valence-electron chi connectivity index (χ1n) is 11.3. The summed E-state index contributed by atoms with van der Waals surface area (Å²) in [6.45, 7) is -0.425. The van der Waals surface area contributed by atoms with Gasteiger partial charge in [0.15, 0.2) is 11.5 Å². The number of aryl methyl sites for hydroxylation is 1. The molecule has 2 heterocycles. The number of hydrogen-bond acceptors (Lipinski definition) is 6. The molecular weight excluding hydrogens is 464 g/mol. The molecule has 1 aliphatic carbocycles. The molecule has 9 heteroatoms. The van der Waals surface area contributed by atoms with E-state index in [0.717, 1.165) is 40.8 Å². The zero-order valence-electron chi connectivity index (χ0n) is 18.7. The van der Waals surface area contributed by atoms with Crippen molar-refractivity contribution in [1.29, 1.82) is 0 Å². The Morgan fingerprint density at radius 1 is 0.971 bits per heavy atom. The van der Waals surface area contributed by atoms with E-state index < -0.39 is 23.9 Å². The summed E-state index contributed by atoms with van der Waals surface area (Å²) in [4.78, 5) is 52.4. The normalized spacial score (nSPS) is 12.8. The number of nitrogens with one attached hydrogen (secondary N) is 1. The van der Waals surface area contributed by atoms with Gasteiger partial charge in [0.05, 0.1) is 10.9 Å². The molecule has 0 fully saturated rings. The SMILES string of the molecule is NC(=O)c1nn(CC(=O)Nc2sc3c(c2C(=O)c2ccccc2)CCCC3)c(=O)c2ccccc12. The summed E-state index contributed by atoms with van der Waals surface area (Å²) in [5.41, 5.74) is 6.92. The molecule has 4 aromatic rings. The molecule has 0 unspecified atom stereocenters. The Morgan fingerprint density at radius 2 is 1.66 bits per heavy atom. The molecule has 2 aromatic carbocycles. The van der Waals surface area contributed by atoms with Crippen molar-refractivity contribution < 1.29 is 14.4 Å². The second-order valence-electron chi connectivity index (χ2n) is 8.38. The van der Waals surface area contributed by atoms with Gasteiger partial charge < -0.3 is 11.1 Å². The van der Waals surface area contributed by atoms with Crippen molar-refractivity contribution in [2.75, 3.05) is 5.32 Å². The van der Waals surface area contributed by atoms with Crippen molar-refractivity contribution >= 4 is 44.7 Å². The Labute approximate surface area is 204 Å². The van der Waals surface area contributed by atoms with Crippen LogP contribution < -0.4 is 16.6 Å². The molecule has 2 amide bonds. The van der Waals surface area contributed by atoms with E-state index in [1.54, 1.807) is 48.5 Å². The highest BCUT2D eigenvalue weighted by molar-refractivity contribution is 7.17. The summed E-state index contributed by atoms with van der Waals surface area (Å²) in [6, 6.07) is 15.5. The molecule has 0 spiro atoms. The van der Waals surface area contributed by atoms with Gasteiger partial charge >= 0.3 is 0 Å². The Morgan fingerprint density at radius 3 is 2.40 bits per heavy atom. The molecule has 8 nitrogen and oxygen atoms in total. The van der Waals surface area contributed by atoms with Crippen LogP contribution in [0.1, 0.15) is 49.7 Å². The molecule has 35 heavy (non-hydrogen) atoms. The fourth-order valence-corrected chi connectivity index (χ4v) is 5.76. The lowest BCUT2D eigenvalue weighted by Crippen LogP contribution is -2.32. The maximum absolute atomic E-state index is 13.4. The number of anilines is 1. The molecule has 3 N–H and O–H groups in total. The van der Waals surface area contributed by atoms with E-state index in [-0.39, 0.29) is 16.9 Å². The van der Waals surface area contributed by atoms with Crippen LogP contribution in [0.5, 0.6) is 0 Å². The lowest BCUT2D eigenvalue weighted by Gasteiger charge is -2.13. The van der Waals surface area contributed by atoms with Crippen LogP contribution in [0.25, 0.3) is 10.8 Å². The zero-order chi connectivity index (χ0) is 24.5. The van der Waals surface area contributed by atoms with Gasteiger partial charge in [-0.2, -0.15) is 5.10 Å². The van der Waals surface area contributed by atoms with Crippen LogP contribution in [0.4, 0.5) is 5.00 Å². The lowest BCUT2D eigenvalue weighted by molar-refractivity contribution is -0.117. The topological polar surface area (TPSA) is 124 Å². The van der Waals surface area contributed by atoms with Gasteiger partial charge in [0.25, 0.3) is 11.5 Å². The smallest absolute Gasteiger partial charge is 0.275 e. The first-order valence-corrected chi connectivity index (χ1v) is 12.1. The standard InChI is InChI=1S/C26H22N4O4S/c27-24(33)22-16-10-4-5-11-17(16)26(34)30(29-22)14-20(31)28-25-21(18-12-6-7-13-19(18)35-25)23(32)15-8-2-1-3-9-15/h1-5,8-11H,6-7,12-14H2,(H2,27,33)(H,28,31). The van der Waals surface area contributed by atoms with E-state index in [1.165, 1.54) is 11.3 Å². The number of ketones is 1. The average Bonchev–Trinajstić information content (AvgIpc) is 3.23. The minimum Gasteiger partial charge on any atom is -0.364 e. The van der Waals surface area contributed by atoms with E-state index in [1.807, 2.05) is 6.07 Å². The van der Waals surface area contributed by atoms with Gasteiger partial charge in [-0.15, -0.1) is 11.3 Å². The van der Waals surface area contributed by atoms with Gasteiger partial charge in [-0.1, -0.05) is 48.5 Å². The number of carbonyl (C=O) groups is 3. The number of amides is 2. The fraction of sp³-hybridized carbons (Fsp3) is 0.192. The molecule has 0 saturated heterocycles. The first kappa shape index (κ1) is 22.7. The third-order valence-corrected chi connectivity index (χ3v) is 7.29. The van der Waals surface area contributed by atoms with Gasteiger partial charge in [-0.05, 0) is 37.3 Å². The van der Waals surface area contributed by atoms with E-state index >= 15 is 0 Å². The van der Waals surface area contributed by atoms with Crippen molar-refractivity contribution in [2.45, 2.75) is 32.2 Å². The summed E-state index contributed by atoms with van der Waals surface area (Å²) < 4.78 is 0.934. The molecule has 0 saturated carbocycles. The zero-order valence-corrected chi connectivity index (χ0v) is 19.6. The molecule has 0 bridgehead atoms. The van der Waals surface area contributed by atoms with Crippen LogP contribution in [0.15, 0.2) is 59.4 Å². The van der Waals surface area contributed by atoms with Crippen molar-refractivity contribution in [2.24, 2.45) is 5.73 Å². The second-order valence-corrected chi connectivity index (χ2v) is 9.48. The number of primary amides is 1. The predicted molar refractivity (Wildman–Crippen MR) is 134 cm³/mol. The number of nitrogens with zero attached hydrogens (tertiary/aromatic N) is 2. The number of fused-ring (bicyclic) bond motifs is 2. The van der Waals surface area contributed by atoms with Crippen molar-refractivity contribution in [3.8, 4) is 0 Å². The quantitative estimate of drug-likeness (QED) is 0.405. The van der Waals surface area contributed by atoms with Gasteiger partial charge in [0.1, 0.15) is 11.5 Å². The van der Waals surface area contributed by atoms with Gasteiger partial charge in [0, 0.05) is 15.8 Å². The first-order chi connectivity index (χ1) is 16.9. The van der Waals surface area contributed by atoms with Gasteiger partial charge in [-0.25, -0.2) is 4.68 Å². The highest BCUT2D eigenvalue weighted by atomic mass is 32.1. The number of carbonyl (C=O) groups excluding carboxylic acids is 3. The Kier molecular flexibility index (Phi) is 6.00. The van der Waals surface area contributed by atoms with Crippen molar-refractivity contribution in [3.63, 3.8) is 0 Å². The van der Waals surface area contributed by atoms with E-state index in [0.29, 0.717) is 21.5 Å². The monoisotopic (exact) mass is 486 g/mol. The van der Waals surface area contributed by atoms with Crippen LogP contribution >= 0.6 is 11.3 Å². The second kappa shape index (κ2) is 9.27. The number of rotatable bonds is 6. The maximum atomic E-state index is 13.4. The van der Waals surface area contributed by atoms with E-state index in [2.05, 4.69) is 10.4 Å². The Bertz CT molecular complexity index is 1540. The predicted octanol–water partition coefficient (Wildman–Crippen LogP) is 3.31. The van der Waals surface area contributed by atoms with Crippen LogP contribution in [0, 0.1) is 0 Å². The maximum Gasteiger partial charge on any atom is 0.275 e. The number of aromatic nitrogens is 2. The van der Waals surface area contributed by atoms with Gasteiger partial charge in [-0.3, -0.25) is 19.2 Å². The third kappa shape index (κ3) is 4.26. The highest BCUT2D eigenvalue weighted by Crippen LogP contribution is 2.39. The van der Waals surface area contributed by atoms with E-state index in [9.17, 15) is 19.2 Å². The summed E-state index contributed by atoms with van der Waals surface area (Å²) in [5, 5.41) is 7.95. The molecule has 0 radical (unpaired) electrons. The van der Waals surface area contributed by atoms with Crippen LogP contribution in [0.3, 0.4) is 0 Å². The molecule has 0 aliphatic heterocycles. The number of nitrogens with two attached hydrogens (primary N) is 1. The van der Waals surface area contributed by atoms with E-state index in [4.69, 9.17) is 5.73 Å². The Balaban J connectivity index is 1.50. The summed E-state index contributed by atoms with van der Waals surface area (Å²) in [5.74, 6) is -1.46. The Hall–Kier alpha value is -4.11. The molecule has 176 valence electrons. The van der Waals surface area contributed by atoms with Crippen LogP contribution in [-0.4, -0.2) is 27.4 Å². The van der Waals surface area contributed by atoms with Crippen LogP contribution in [-0.2, 0) is 24.2 Å².